The van der Waals surface area contributed by atoms with E-state index in [0.717, 1.165) is 63.7 Å². The number of thiophene rings is 1. The minimum atomic E-state index is -0.950. The molecule has 0 spiro atoms. The molecule has 1 fully saturated rings. The number of nitrogens with zero attached hydrogens (tertiary/aromatic N) is 1. The summed E-state index contributed by atoms with van der Waals surface area (Å²) in [7, 11) is 0. The first kappa shape index (κ1) is 23.6. The summed E-state index contributed by atoms with van der Waals surface area (Å²) in [5.74, 6) is 0.726. The summed E-state index contributed by atoms with van der Waals surface area (Å²) in [5, 5.41) is 21.0. The topological polar surface area (TPSA) is 75.1 Å². The van der Waals surface area contributed by atoms with Gasteiger partial charge in [0.1, 0.15) is 5.60 Å². The van der Waals surface area contributed by atoms with Crippen LogP contribution in [0.25, 0.3) is 0 Å². The average Bonchev–Trinajstić information content (AvgIpc) is 3.16. The zero-order valence-electron chi connectivity index (χ0n) is 15.7. The highest BCUT2D eigenvalue weighted by molar-refractivity contribution is 14.0. The molecule has 1 unspecified atom stereocenters. The van der Waals surface area contributed by atoms with Crippen molar-refractivity contribution in [3.8, 4) is 0 Å². The van der Waals surface area contributed by atoms with Gasteiger partial charge < -0.3 is 25.2 Å². The van der Waals surface area contributed by atoms with Crippen LogP contribution in [0.2, 0.25) is 0 Å². The van der Waals surface area contributed by atoms with Crippen molar-refractivity contribution in [1.29, 1.82) is 0 Å². The molecule has 1 aromatic rings. The fourth-order valence-corrected chi connectivity index (χ4v) is 3.39. The molecule has 2 heterocycles. The summed E-state index contributed by atoms with van der Waals surface area (Å²) in [6, 6.07) is 1.94. The fraction of sp³-hybridized carbons (Fsp3) is 0.722. The van der Waals surface area contributed by atoms with Gasteiger partial charge in [-0.25, -0.2) is 4.99 Å². The third-order valence-electron chi connectivity index (χ3n) is 4.17. The lowest BCUT2D eigenvalue weighted by Gasteiger charge is -2.22. The number of guanidine groups is 1. The van der Waals surface area contributed by atoms with Gasteiger partial charge >= 0.3 is 0 Å². The molecule has 0 saturated carbocycles. The van der Waals surface area contributed by atoms with Gasteiger partial charge in [-0.2, -0.15) is 11.3 Å². The second-order valence-corrected chi connectivity index (χ2v) is 7.22. The van der Waals surface area contributed by atoms with Crippen LogP contribution in [0.5, 0.6) is 0 Å². The van der Waals surface area contributed by atoms with Crippen LogP contribution < -0.4 is 10.6 Å². The minimum absolute atomic E-state index is 0. The van der Waals surface area contributed by atoms with Crippen LogP contribution in [0.3, 0.4) is 0 Å². The second-order valence-electron chi connectivity index (χ2n) is 6.44. The Morgan fingerprint density at radius 1 is 1.42 bits per heavy atom. The molecule has 3 N–H and O–H groups in total. The summed E-state index contributed by atoms with van der Waals surface area (Å²) in [6.07, 6.45) is 3.25. The Hall–Kier alpha value is -0.420. The molecule has 26 heavy (non-hydrogen) atoms. The van der Waals surface area contributed by atoms with Gasteiger partial charge in [0.2, 0.25) is 0 Å². The largest absolute Gasteiger partial charge is 0.383 e. The Morgan fingerprint density at radius 3 is 2.85 bits per heavy atom. The Bertz CT molecular complexity index is 506. The quantitative estimate of drug-likeness (QED) is 0.212. The van der Waals surface area contributed by atoms with Gasteiger partial charge in [0.15, 0.2) is 5.96 Å². The Kier molecular flexibility index (Phi) is 11.7. The maximum Gasteiger partial charge on any atom is 0.191 e. The van der Waals surface area contributed by atoms with E-state index >= 15 is 0 Å². The smallest absolute Gasteiger partial charge is 0.191 e. The molecule has 0 aliphatic carbocycles. The van der Waals surface area contributed by atoms with E-state index in [0.29, 0.717) is 12.6 Å². The second kappa shape index (κ2) is 12.9. The van der Waals surface area contributed by atoms with Crippen LogP contribution in [-0.2, 0) is 15.1 Å². The van der Waals surface area contributed by atoms with Crippen LogP contribution in [0.15, 0.2) is 21.8 Å². The zero-order valence-corrected chi connectivity index (χ0v) is 18.8. The highest BCUT2D eigenvalue weighted by Gasteiger charge is 2.23. The van der Waals surface area contributed by atoms with Crippen molar-refractivity contribution < 1.29 is 14.6 Å². The van der Waals surface area contributed by atoms with E-state index in [1.54, 1.807) is 18.3 Å². The Morgan fingerprint density at radius 2 is 2.19 bits per heavy atom. The van der Waals surface area contributed by atoms with Crippen LogP contribution in [0.1, 0.15) is 38.7 Å². The maximum absolute atomic E-state index is 10.6. The molecule has 150 valence electrons. The summed E-state index contributed by atoms with van der Waals surface area (Å²) < 4.78 is 11.2. The van der Waals surface area contributed by atoms with Crippen LogP contribution in [-0.4, -0.2) is 56.6 Å². The molecular weight excluding hydrogens is 465 g/mol. The van der Waals surface area contributed by atoms with E-state index in [9.17, 15) is 5.11 Å². The predicted molar refractivity (Wildman–Crippen MR) is 118 cm³/mol. The number of aliphatic hydroxyl groups is 1. The van der Waals surface area contributed by atoms with E-state index in [4.69, 9.17) is 9.47 Å². The van der Waals surface area contributed by atoms with Gasteiger partial charge in [-0.05, 0) is 55.5 Å². The molecule has 1 aliphatic rings. The molecule has 6 nitrogen and oxygen atoms in total. The summed E-state index contributed by atoms with van der Waals surface area (Å²) >= 11 is 1.58. The summed E-state index contributed by atoms with van der Waals surface area (Å²) in [4.78, 5) is 4.52. The van der Waals surface area contributed by atoms with Gasteiger partial charge in [0.25, 0.3) is 0 Å². The van der Waals surface area contributed by atoms with E-state index in [2.05, 4.69) is 15.6 Å². The van der Waals surface area contributed by atoms with Crippen molar-refractivity contribution in [3.63, 3.8) is 0 Å². The molecule has 1 saturated heterocycles. The van der Waals surface area contributed by atoms with E-state index in [1.807, 2.05) is 23.8 Å². The van der Waals surface area contributed by atoms with Crippen molar-refractivity contribution in [1.82, 2.24) is 10.6 Å². The van der Waals surface area contributed by atoms with Gasteiger partial charge in [0, 0.05) is 32.9 Å². The molecule has 0 radical (unpaired) electrons. The lowest BCUT2D eigenvalue weighted by atomic mass is 10.00. The van der Waals surface area contributed by atoms with Gasteiger partial charge in [-0.3, -0.25) is 0 Å². The number of ether oxygens (including phenoxy) is 2. The SMILES string of the molecule is CCNC(=NCC(C)(O)c1ccsc1)NCCCOC1CCOCC1.I. The average molecular weight is 497 g/mol. The third kappa shape index (κ3) is 8.51. The van der Waals surface area contributed by atoms with Crippen molar-refractivity contribution in [2.75, 3.05) is 39.5 Å². The van der Waals surface area contributed by atoms with Crippen LogP contribution >= 0.6 is 35.3 Å². The Labute approximate surface area is 177 Å². The predicted octanol–water partition coefficient (Wildman–Crippen LogP) is 2.71. The number of nitrogens with one attached hydrogen (secondary N) is 2. The lowest BCUT2D eigenvalue weighted by Crippen LogP contribution is -2.39. The van der Waals surface area contributed by atoms with E-state index in [1.165, 1.54) is 0 Å². The lowest BCUT2D eigenvalue weighted by molar-refractivity contribution is -0.0320. The van der Waals surface area contributed by atoms with Gasteiger partial charge in [-0.1, -0.05) is 0 Å². The number of hydrogen-bond acceptors (Lipinski definition) is 5. The van der Waals surface area contributed by atoms with E-state index in [-0.39, 0.29) is 24.0 Å². The molecule has 0 aromatic carbocycles. The first-order chi connectivity index (χ1) is 12.1. The molecule has 0 amide bonds. The standard InChI is InChI=1S/C18H31N3O3S.HI/c1-3-19-17(21-14-18(2,22)15-7-12-25-13-15)20-8-4-9-24-16-5-10-23-11-6-16;/h7,12-13,16,22H,3-6,8-11,14H2,1-2H3,(H2,19,20,21);1H. The van der Waals surface area contributed by atoms with Crippen molar-refractivity contribution in [2.45, 2.75) is 44.8 Å². The first-order valence-electron chi connectivity index (χ1n) is 9.08. The molecule has 1 aromatic heterocycles. The van der Waals surface area contributed by atoms with E-state index < -0.39 is 5.60 Å². The van der Waals surface area contributed by atoms with Gasteiger partial charge in [0.05, 0.1) is 12.6 Å². The van der Waals surface area contributed by atoms with Gasteiger partial charge in [-0.15, -0.1) is 24.0 Å². The van der Waals surface area contributed by atoms with Crippen molar-refractivity contribution in [2.24, 2.45) is 4.99 Å². The molecular formula is C18H32IN3O3S. The molecule has 2 rings (SSSR count). The number of aliphatic imine (C=N–C) groups is 1. The fourth-order valence-electron chi connectivity index (χ4n) is 2.61. The monoisotopic (exact) mass is 497 g/mol. The minimum Gasteiger partial charge on any atom is -0.383 e. The van der Waals surface area contributed by atoms with Crippen molar-refractivity contribution >= 4 is 41.3 Å². The molecule has 1 atom stereocenters. The summed E-state index contributed by atoms with van der Waals surface area (Å²) in [5.41, 5.74) is -0.0453. The van der Waals surface area contributed by atoms with Crippen LogP contribution in [0, 0.1) is 0 Å². The maximum atomic E-state index is 10.6. The highest BCUT2D eigenvalue weighted by Crippen LogP contribution is 2.23. The van der Waals surface area contributed by atoms with Crippen molar-refractivity contribution in [3.05, 3.63) is 22.4 Å². The van der Waals surface area contributed by atoms with Crippen LogP contribution in [0.4, 0.5) is 0 Å². The summed E-state index contributed by atoms with van der Waals surface area (Å²) in [6.45, 7) is 8.07. The number of halogens is 1. The Balaban J connectivity index is 0.00000338. The molecule has 1 aliphatic heterocycles. The zero-order chi connectivity index (χ0) is 18.0. The first-order valence-corrected chi connectivity index (χ1v) is 10.0. The molecule has 0 bridgehead atoms. The molecule has 8 heteroatoms. The highest BCUT2D eigenvalue weighted by atomic mass is 127. The number of rotatable bonds is 9. The normalized spacial score (nSPS) is 18.0. The number of hydrogen-bond donors (Lipinski definition) is 3. The third-order valence-corrected chi connectivity index (χ3v) is 4.85.